The molecule has 98 valence electrons. The van der Waals surface area contributed by atoms with Gasteiger partial charge in [0.25, 0.3) is 0 Å². The van der Waals surface area contributed by atoms with Crippen molar-refractivity contribution in [3.05, 3.63) is 0 Å². The second-order valence-electron chi connectivity index (χ2n) is 3.53. The zero-order valence-electron chi connectivity index (χ0n) is 10.4. The van der Waals surface area contributed by atoms with Crippen molar-refractivity contribution in [2.24, 2.45) is 0 Å². The Hall–Kier alpha value is -0.360. The summed E-state index contributed by atoms with van der Waals surface area (Å²) in [5.74, 6) is 0.0443. The third kappa shape index (κ3) is 11.7. The van der Waals surface area contributed by atoms with Crippen molar-refractivity contribution in [3.8, 4) is 0 Å². The number of nitrogens with one attached hydrogen (secondary N) is 2. The molecule has 5 nitrogen and oxygen atoms in total. The molecule has 0 unspecified atom stereocenters. The summed E-state index contributed by atoms with van der Waals surface area (Å²) in [5, 5.41) is 5.64. The van der Waals surface area contributed by atoms with Crippen LogP contribution in [0.25, 0.3) is 0 Å². The zero-order valence-corrected chi connectivity index (χ0v) is 11.2. The average Bonchev–Trinajstić information content (AvgIpc) is 2.18. The fourth-order valence-corrected chi connectivity index (χ4v) is 1.20. The van der Waals surface area contributed by atoms with Crippen LogP contribution in [0.3, 0.4) is 0 Å². The Labute approximate surface area is 104 Å². The van der Waals surface area contributed by atoms with E-state index in [1.54, 1.807) is 14.2 Å². The number of methoxy groups -OCH3 is 1. The number of amides is 1. The van der Waals surface area contributed by atoms with E-state index in [2.05, 4.69) is 15.5 Å². The lowest BCUT2D eigenvalue weighted by Crippen LogP contribution is -2.37. The van der Waals surface area contributed by atoms with Crippen LogP contribution in [0, 0.1) is 0 Å². The lowest BCUT2D eigenvalue weighted by molar-refractivity contribution is -0.120. The minimum absolute atomic E-state index is 0. The topological polar surface area (TPSA) is 53.6 Å². The largest absolute Gasteiger partial charge is 0.385 e. The SMILES string of the molecule is CNCC(=O)NCCN(C)CCCOC.Cl. The molecule has 0 spiro atoms. The first-order valence-electron chi connectivity index (χ1n) is 5.29. The molecule has 0 aromatic heterocycles. The van der Waals surface area contributed by atoms with Gasteiger partial charge in [0.05, 0.1) is 6.54 Å². The molecular formula is C10H24ClN3O2. The summed E-state index contributed by atoms with van der Waals surface area (Å²) >= 11 is 0. The number of likely N-dealkylation sites (N-methyl/N-ethyl adjacent to an activating group) is 2. The molecular weight excluding hydrogens is 230 g/mol. The maximum absolute atomic E-state index is 11.1. The number of ether oxygens (including phenoxy) is 1. The number of nitrogens with zero attached hydrogens (tertiary/aromatic N) is 1. The summed E-state index contributed by atoms with van der Waals surface area (Å²) in [7, 11) is 5.51. The third-order valence-corrected chi connectivity index (χ3v) is 2.04. The van der Waals surface area contributed by atoms with E-state index >= 15 is 0 Å². The van der Waals surface area contributed by atoms with Crippen molar-refractivity contribution in [2.45, 2.75) is 6.42 Å². The van der Waals surface area contributed by atoms with Gasteiger partial charge in [-0.1, -0.05) is 0 Å². The van der Waals surface area contributed by atoms with Crippen molar-refractivity contribution in [1.82, 2.24) is 15.5 Å². The summed E-state index contributed by atoms with van der Waals surface area (Å²) in [4.78, 5) is 13.3. The van der Waals surface area contributed by atoms with Gasteiger partial charge in [0.1, 0.15) is 0 Å². The second-order valence-corrected chi connectivity index (χ2v) is 3.53. The summed E-state index contributed by atoms with van der Waals surface area (Å²) in [6.07, 6.45) is 1.03. The van der Waals surface area contributed by atoms with E-state index in [1.165, 1.54) is 0 Å². The zero-order chi connectivity index (χ0) is 11.5. The van der Waals surface area contributed by atoms with Crippen molar-refractivity contribution < 1.29 is 9.53 Å². The fraction of sp³-hybridized carbons (Fsp3) is 0.900. The van der Waals surface area contributed by atoms with Gasteiger partial charge in [0.2, 0.25) is 5.91 Å². The highest BCUT2D eigenvalue weighted by Gasteiger charge is 2.00. The molecule has 0 atom stereocenters. The minimum atomic E-state index is 0. The molecule has 0 aliphatic heterocycles. The van der Waals surface area contributed by atoms with Crippen LogP contribution in [0.1, 0.15) is 6.42 Å². The Morgan fingerprint density at radius 1 is 1.38 bits per heavy atom. The summed E-state index contributed by atoms with van der Waals surface area (Å²) in [5.41, 5.74) is 0. The molecule has 0 bridgehead atoms. The monoisotopic (exact) mass is 253 g/mol. The highest BCUT2D eigenvalue weighted by molar-refractivity contribution is 5.85. The molecule has 0 aromatic carbocycles. The lowest BCUT2D eigenvalue weighted by atomic mass is 10.4. The number of carbonyl (C=O) groups excluding carboxylic acids is 1. The number of halogens is 1. The second kappa shape index (κ2) is 12.7. The molecule has 6 heteroatoms. The molecule has 0 radical (unpaired) electrons. The summed E-state index contributed by atoms with van der Waals surface area (Å²) in [6, 6.07) is 0. The van der Waals surface area contributed by atoms with Gasteiger partial charge in [-0.25, -0.2) is 0 Å². The van der Waals surface area contributed by atoms with Gasteiger partial charge in [0, 0.05) is 33.4 Å². The average molecular weight is 254 g/mol. The Kier molecular flexibility index (Phi) is 14.3. The van der Waals surface area contributed by atoms with Crippen LogP contribution in [0.2, 0.25) is 0 Å². The molecule has 0 saturated heterocycles. The van der Waals surface area contributed by atoms with E-state index in [0.29, 0.717) is 13.1 Å². The maximum Gasteiger partial charge on any atom is 0.233 e. The van der Waals surface area contributed by atoms with Gasteiger partial charge in [-0.3, -0.25) is 4.79 Å². The van der Waals surface area contributed by atoms with Crippen LogP contribution >= 0.6 is 12.4 Å². The highest BCUT2D eigenvalue weighted by atomic mass is 35.5. The van der Waals surface area contributed by atoms with Gasteiger partial charge < -0.3 is 20.3 Å². The molecule has 0 fully saturated rings. The van der Waals surface area contributed by atoms with Gasteiger partial charge >= 0.3 is 0 Å². The van der Waals surface area contributed by atoms with Crippen molar-refractivity contribution in [3.63, 3.8) is 0 Å². The molecule has 0 heterocycles. The Bertz CT molecular complexity index is 170. The van der Waals surface area contributed by atoms with Crippen molar-refractivity contribution >= 4 is 18.3 Å². The molecule has 0 aliphatic carbocycles. The number of rotatable bonds is 9. The standard InChI is InChI=1S/C10H23N3O2.ClH/c1-11-9-10(14)12-5-7-13(2)6-4-8-15-3;/h11H,4-9H2,1-3H3,(H,12,14);1H. The molecule has 2 N–H and O–H groups in total. The molecule has 0 rings (SSSR count). The van der Waals surface area contributed by atoms with E-state index in [0.717, 1.165) is 26.1 Å². The van der Waals surface area contributed by atoms with Crippen LogP contribution in [0.4, 0.5) is 0 Å². The van der Waals surface area contributed by atoms with E-state index < -0.39 is 0 Å². The number of hydrogen-bond acceptors (Lipinski definition) is 4. The molecule has 16 heavy (non-hydrogen) atoms. The first-order valence-corrected chi connectivity index (χ1v) is 5.29. The van der Waals surface area contributed by atoms with Gasteiger partial charge in [0.15, 0.2) is 0 Å². The summed E-state index contributed by atoms with van der Waals surface area (Å²) in [6.45, 7) is 3.74. The van der Waals surface area contributed by atoms with Crippen LogP contribution < -0.4 is 10.6 Å². The van der Waals surface area contributed by atoms with Crippen molar-refractivity contribution in [1.29, 1.82) is 0 Å². The van der Waals surface area contributed by atoms with Gasteiger partial charge in [-0.2, -0.15) is 0 Å². The lowest BCUT2D eigenvalue weighted by Gasteiger charge is -2.16. The summed E-state index contributed by atoms with van der Waals surface area (Å²) < 4.78 is 4.96. The molecule has 0 aromatic rings. The smallest absolute Gasteiger partial charge is 0.233 e. The Balaban J connectivity index is 0. The van der Waals surface area contributed by atoms with Crippen molar-refractivity contribution in [2.75, 3.05) is 54.0 Å². The Morgan fingerprint density at radius 2 is 2.06 bits per heavy atom. The normalized spacial score (nSPS) is 10.0. The predicted molar refractivity (Wildman–Crippen MR) is 68.2 cm³/mol. The molecule has 0 saturated carbocycles. The Morgan fingerprint density at radius 3 is 2.62 bits per heavy atom. The minimum Gasteiger partial charge on any atom is -0.385 e. The number of hydrogen-bond donors (Lipinski definition) is 2. The van der Waals surface area contributed by atoms with E-state index in [4.69, 9.17) is 4.74 Å². The first-order chi connectivity index (χ1) is 7.20. The van der Waals surface area contributed by atoms with Crippen LogP contribution in [-0.2, 0) is 9.53 Å². The van der Waals surface area contributed by atoms with Gasteiger partial charge in [-0.15, -0.1) is 12.4 Å². The van der Waals surface area contributed by atoms with E-state index in [1.807, 2.05) is 7.05 Å². The van der Waals surface area contributed by atoms with Crippen LogP contribution in [-0.4, -0.2) is 64.8 Å². The van der Waals surface area contributed by atoms with Crippen LogP contribution in [0.15, 0.2) is 0 Å². The third-order valence-electron chi connectivity index (χ3n) is 2.04. The first kappa shape index (κ1) is 18.0. The van der Waals surface area contributed by atoms with E-state index in [9.17, 15) is 4.79 Å². The predicted octanol–water partition coefficient (Wildman–Crippen LogP) is -0.288. The number of carbonyl (C=O) groups is 1. The molecule has 1 amide bonds. The van der Waals surface area contributed by atoms with Gasteiger partial charge in [-0.05, 0) is 20.5 Å². The maximum atomic E-state index is 11.1. The highest BCUT2D eigenvalue weighted by Crippen LogP contribution is 1.86. The quantitative estimate of drug-likeness (QED) is 0.555. The van der Waals surface area contributed by atoms with E-state index in [-0.39, 0.29) is 18.3 Å². The van der Waals surface area contributed by atoms with Crippen LogP contribution in [0.5, 0.6) is 0 Å². The fourth-order valence-electron chi connectivity index (χ4n) is 1.20. The molecule has 0 aliphatic rings.